The second kappa shape index (κ2) is 8.22. The van der Waals surface area contributed by atoms with Crippen LogP contribution in [0.2, 0.25) is 5.02 Å². The van der Waals surface area contributed by atoms with Crippen LogP contribution >= 0.6 is 11.6 Å². The summed E-state index contributed by atoms with van der Waals surface area (Å²) in [5, 5.41) is 12.0. The molecule has 1 saturated heterocycles. The molecule has 1 spiro atoms. The van der Waals surface area contributed by atoms with Gasteiger partial charge in [-0.05, 0) is 62.1 Å². The lowest BCUT2D eigenvalue weighted by Crippen LogP contribution is -2.54. The van der Waals surface area contributed by atoms with Crippen molar-refractivity contribution in [1.82, 2.24) is 21.3 Å². The molecule has 3 fully saturated rings. The van der Waals surface area contributed by atoms with Gasteiger partial charge < -0.3 is 16.0 Å². The van der Waals surface area contributed by atoms with Crippen LogP contribution in [0, 0.1) is 5.92 Å². The molecule has 1 aromatic carbocycles. The molecule has 1 aromatic rings. The zero-order valence-corrected chi connectivity index (χ0v) is 17.1. The number of urea groups is 2. The van der Waals surface area contributed by atoms with E-state index in [2.05, 4.69) is 21.3 Å². The number of carbonyl (C=O) groups excluding carboxylic acids is 3. The van der Waals surface area contributed by atoms with Gasteiger partial charge in [0.2, 0.25) is 0 Å². The van der Waals surface area contributed by atoms with Gasteiger partial charge in [-0.15, -0.1) is 0 Å². The molecule has 156 valence electrons. The van der Waals surface area contributed by atoms with Crippen LogP contribution in [-0.4, -0.2) is 29.6 Å². The molecule has 0 radical (unpaired) electrons. The summed E-state index contributed by atoms with van der Waals surface area (Å²) in [4.78, 5) is 36.3. The quantitative estimate of drug-likeness (QED) is 0.564. The molecule has 5 amide bonds. The second-order valence-corrected chi connectivity index (χ2v) is 8.90. The third-order valence-electron chi connectivity index (χ3n) is 6.55. The Labute approximate surface area is 175 Å². The summed E-state index contributed by atoms with van der Waals surface area (Å²) < 4.78 is 0. The number of halogens is 1. The average Bonchev–Trinajstić information content (AvgIpc) is 3.30. The number of carbonyl (C=O) groups is 3. The van der Waals surface area contributed by atoms with Crippen molar-refractivity contribution in [2.45, 2.75) is 69.0 Å². The maximum atomic E-state index is 12.8. The molecule has 0 unspecified atom stereocenters. The van der Waals surface area contributed by atoms with Crippen LogP contribution in [0.4, 0.5) is 9.59 Å². The topological polar surface area (TPSA) is 99.3 Å². The Bertz CT molecular complexity index is 801. The lowest BCUT2D eigenvalue weighted by atomic mass is 9.79. The summed E-state index contributed by atoms with van der Waals surface area (Å²) in [6, 6.07) is 6.99. The first-order chi connectivity index (χ1) is 13.9. The third-order valence-corrected chi connectivity index (χ3v) is 6.79. The second-order valence-electron chi connectivity index (χ2n) is 8.46. The smallest absolute Gasteiger partial charge is 0.322 e. The van der Waals surface area contributed by atoms with Gasteiger partial charge in [0.1, 0.15) is 5.54 Å². The summed E-state index contributed by atoms with van der Waals surface area (Å²) in [7, 11) is 0. The minimum Gasteiger partial charge on any atom is -0.335 e. The lowest BCUT2D eigenvalue weighted by molar-refractivity contribution is -0.125. The molecule has 7 nitrogen and oxygen atoms in total. The van der Waals surface area contributed by atoms with E-state index in [9.17, 15) is 14.4 Å². The molecule has 4 N–H and O–H groups in total. The van der Waals surface area contributed by atoms with Crippen LogP contribution in [0.1, 0.15) is 63.0 Å². The molecule has 8 heteroatoms. The first kappa shape index (κ1) is 20.0. The minimum atomic E-state index is -0.807. The van der Waals surface area contributed by atoms with Gasteiger partial charge >= 0.3 is 12.1 Å². The largest absolute Gasteiger partial charge is 0.335 e. The van der Waals surface area contributed by atoms with E-state index in [-0.39, 0.29) is 24.0 Å². The predicted octanol–water partition coefficient (Wildman–Crippen LogP) is 3.39. The Hall–Kier alpha value is -2.28. The number of nitrogens with one attached hydrogen (secondary N) is 4. The molecular formula is C21H27ClN4O3. The fourth-order valence-electron chi connectivity index (χ4n) is 4.97. The van der Waals surface area contributed by atoms with Gasteiger partial charge in [-0.3, -0.25) is 10.1 Å². The molecular weight excluding hydrogens is 392 g/mol. The van der Waals surface area contributed by atoms with Crippen LogP contribution in [0.25, 0.3) is 0 Å². The molecule has 29 heavy (non-hydrogen) atoms. The molecule has 1 heterocycles. The molecule has 1 atom stereocenters. The molecule has 0 bridgehead atoms. The molecule has 2 saturated carbocycles. The Morgan fingerprint density at radius 3 is 2.48 bits per heavy atom. The van der Waals surface area contributed by atoms with Gasteiger partial charge in [0.05, 0.1) is 6.04 Å². The minimum absolute atomic E-state index is 0.0190. The average molecular weight is 419 g/mol. The zero-order chi connectivity index (χ0) is 20.4. The van der Waals surface area contributed by atoms with Crippen LogP contribution in [0.3, 0.4) is 0 Å². The van der Waals surface area contributed by atoms with E-state index in [1.54, 1.807) is 0 Å². The van der Waals surface area contributed by atoms with Gasteiger partial charge in [-0.1, -0.05) is 36.6 Å². The number of hydrogen-bond donors (Lipinski definition) is 4. The first-order valence-electron chi connectivity index (χ1n) is 10.4. The normalized spacial score (nSPS) is 28.1. The van der Waals surface area contributed by atoms with E-state index < -0.39 is 11.6 Å². The Morgan fingerprint density at radius 1 is 1.14 bits per heavy atom. The standard InChI is InChI=1S/C21H27ClN4O3/c22-15-7-3-6-14(12-15)17(13-4-1-2-5-13)24-19(28)23-16-8-10-21(11-9-16)18(27)25-20(29)26-21/h3,6-7,12-13,16-17H,1-2,4-5,8-11H2,(H2,23,24,28)(H2,25,26,27,29)/t16?,17-,21?/m0/s1. The van der Waals surface area contributed by atoms with Crippen molar-refractivity contribution >= 4 is 29.6 Å². The van der Waals surface area contributed by atoms with Gasteiger partial charge in [0, 0.05) is 11.1 Å². The SMILES string of the molecule is O=C(NC1CCC2(CC1)NC(=O)NC2=O)N[C@H](c1cccc(Cl)c1)C1CCCC1. The molecule has 4 rings (SSSR count). The highest BCUT2D eigenvalue weighted by Gasteiger charge is 2.48. The number of amides is 5. The Morgan fingerprint density at radius 2 is 1.86 bits per heavy atom. The van der Waals surface area contributed by atoms with Crippen LogP contribution in [0.5, 0.6) is 0 Å². The highest BCUT2D eigenvalue weighted by molar-refractivity contribution is 6.30. The van der Waals surface area contributed by atoms with Crippen LogP contribution in [-0.2, 0) is 4.79 Å². The van der Waals surface area contributed by atoms with Gasteiger partial charge in [-0.25, -0.2) is 9.59 Å². The zero-order valence-electron chi connectivity index (χ0n) is 16.3. The lowest BCUT2D eigenvalue weighted by Gasteiger charge is -2.35. The highest BCUT2D eigenvalue weighted by atomic mass is 35.5. The molecule has 1 aliphatic heterocycles. The van der Waals surface area contributed by atoms with Crippen molar-refractivity contribution in [3.63, 3.8) is 0 Å². The monoisotopic (exact) mass is 418 g/mol. The number of hydrogen-bond acceptors (Lipinski definition) is 3. The number of rotatable bonds is 4. The number of benzene rings is 1. The van der Waals surface area contributed by atoms with Crippen molar-refractivity contribution in [2.75, 3.05) is 0 Å². The third kappa shape index (κ3) is 4.34. The highest BCUT2D eigenvalue weighted by Crippen LogP contribution is 2.36. The molecule has 0 aromatic heterocycles. The van der Waals surface area contributed by atoms with Gasteiger partial charge in [-0.2, -0.15) is 0 Å². The van der Waals surface area contributed by atoms with E-state index in [4.69, 9.17) is 11.6 Å². The Kier molecular flexibility index (Phi) is 5.67. The van der Waals surface area contributed by atoms with E-state index in [1.807, 2.05) is 24.3 Å². The fraction of sp³-hybridized carbons (Fsp3) is 0.571. The summed E-state index contributed by atoms with van der Waals surface area (Å²) in [5.74, 6) is 0.152. The maximum absolute atomic E-state index is 12.8. The molecule has 2 aliphatic carbocycles. The van der Waals surface area contributed by atoms with Crippen molar-refractivity contribution in [3.8, 4) is 0 Å². The summed E-state index contributed by atoms with van der Waals surface area (Å²) in [6.07, 6.45) is 6.90. The van der Waals surface area contributed by atoms with Crippen molar-refractivity contribution in [3.05, 3.63) is 34.9 Å². The fourth-order valence-corrected chi connectivity index (χ4v) is 5.17. The first-order valence-corrected chi connectivity index (χ1v) is 10.8. The Balaban J connectivity index is 1.36. The predicted molar refractivity (Wildman–Crippen MR) is 109 cm³/mol. The van der Waals surface area contributed by atoms with Crippen molar-refractivity contribution in [2.24, 2.45) is 5.92 Å². The van der Waals surface area contributed by atoms with E-state index in [1.165, 1.54) is 12.8 Å². The molecule has 3 aliphatic rings. The van der Waals surface area contributed by atoms with Crippen LogP contribution in [0.15, 0.2) is 24.3 Å². The van der Waals surface area contributed by atoms with Gasteiger partial charge in [0.25, 0.3) is 5.91 Å². The maximum Gasteiger partial charge on any atom is 0.322 e. The number of imide groups is 1. The summed E-state index contributed by atoms with van der Waals surface area (Å²) >= 11 is 6.18. The van der Waals surface area contributed by atoms with E-state index >= 15 is 0 Å². The summed E-state index contributed by atoms with van der Waals surface area (Å²) in [5.41, 5.74) is 0.228. The van der Waals surface area contributed by atoms with E-state index in [0.717, 1.165) is 18.4 Å². The van der Waals surface area contributed by atoms with Crippen LogP contribution < -0.4 is 21.3 Å². The summed E-state index contributed by atoms with van der Waals surface area (Å²) in [6.45, 7) is 0. The van der Waals surface area contributed by atoms with E-state index in [0.29, 0.717) is 36.6 Å². The van der Waals surface area contributed by atoms with Crippen molar-refractivity contribution in [1.29, 1.82) is 0 Å². The van der Waals surface area contributed by atoms with Gasteiger partial charge in [0.15, 0.2) is 0 Å². The van der Waals surface area contributed by atoms with Crippen molar-refractivity contribution < 1.29 is 14.4 Å².